The molecule has 0 aliphatic heterocycles. The third-order valence-electron chi connectivity index (χ3n) is 1.14. The van der Waals surface area contributed by atoms with Gasteiger partial charge in [-0.2, -0.15) is 0 Å². The highest BCUT2D eigenvalue weighted by molar-refractivity contribution is 9.12. The maximum atomic E-state index is 11.0. The lowest BCUT2D eigenvalue weighted by Gasteiger charge is -2.15. The topological polar surface area (TPSA) is 20.3 Å². The van der Waals surface area contributed by atoms with Crippen molar-refractivity contribution in [1.82, 2.24) is 4.90 Å². The smallest absolute Gasteiger partial charge is 0.299 e. The van der Waals surface area contributed by atoms with E-state index in [1.54, 1.807) is 11.9 Å². The van der Waals surface area contributed by atoms with Gasteiger partial charge in [-0.1, -0.05) is 13.8 Å². The summed E-state index contributed by atoms with van der Waals surface area (Å²) in [4.78, 5) is 15.0. The van der Waals surface area contributed by atoms with Gasteiger partial charge >= 0.3 is 0 Å². The number of nitrogens with zero attached hydrogens (tertiary/aromatic N) is 1. The first kappa shape index (κ1) is 10.5. The zero-order chi connectivity index (χ0) is 8.85. The maximum Gasteiger partial charge on any atom is 0.299 e. The van der Waals surface area contributed by atoms with Crippen LogP contribution in [0, 0.1) is 16.7 Å². The van der Waals surface area contributed by atoms with Crippen LogP contribution >= 0.6 is 15.9 Å². The molecule has 0 radical (unpaired) electrons. The molecule has 0 spiro atoms. The van der Waals surface area contributed by atoms with Gasteiger partial charge in [-0.25, -0.2) is 0 Å². The quantitative estimate of drug-likeness (QED) is 0.642. The fourth-order valence-corrected chi connectivity index (χ4v) is 0.936. The zero-order valence-electron chi connectivity index (χ0n) is 7.02. The number of hydrogen-bond acceptors (Lipinski definition) is 1. The van der Waals surface area contributed by atoms with Crippen LogP contribution < -0.4 is 0 Å². The van der Waals surface area contributed by atoms with Gasteiger partial charge in [-0.15, -0.1) is 0 Å². The molecule has 0 saturated carbocycles. The second-order valence-electron chi connectivity index (χ2n) is 2.80. The Bertz CT molecular complexity index is 190. The molecule has 3 heteroatoms. The van der Waals surface area contributed by atoms with Gasteiger partial charge < -0.3 is 4.90 Å². The van der Waals surface area contributed by atoms with Crippen LogP contribution in [0.3, 0.4) is 0 Å². The van der Waals surface area contributed by atoms with Gasteiger partial charge in [0.2, 0.25) is 0 Å². The van der Waals surface area contributed by atoms with Crippen LogP contribution in [0.2, 0.25) is 0 Å². The third-order valence-corrected chi connectivity index (χ3v) is 1.34. The molecule has 0 bridgehead atoms. The lowest BCUT2D eigenvalue weighted by Crippen LogP contribution is -2.28. The molecule has 11 heavy (non-hydrogen) atoms. The molecule has 62 valence electrons. The second-order valence-corrected chi connectivity index (χ2v) is 3.20. The second kappa shape index (κ2) is 5.20. The summed E-state index contributed by atoms with van der Waals surface area (Å²) < 4.78 is 0. The summed E-state index contributed by atoms with van der Waals surface area (Å²) in [5.74, 6) is 2.75. The molecule has 0 saturated heterocycles. The third kappa shape index (κ3) is 4.86. The summed E-state index contributed by atoms with van der Waals surface area (Å²) in [6.07, 6.45) is 0. The molecule has 0 fully saturated rings. The van der Waals surface area contributed by atoms with Gasteiger partial charge in [0.05, 0.1) is 0 Å². The van der Waals surface area contributed by atoms with Crippen LogP contribution in [-0.4, -0.2) is 24.4 Å². The predicted octanol–water partition coefficient (Wildman–Crippen LogP) is 1.46. The first-order valence-corrected chi connectivity index (χ1v) is 4.24. The molecule has 0 atom stereocenters. The minimum Gasteiger partial charge on any atom is -0.335 e. The van der Waals surface area contributed by atoms with E-state index >= 15 is 0 Å². The Labute approximate surface area is 76.1 Å². The van der Waals surface area contributed by atoms with Crippen LogP contribution in [0.4, 0.5) is 0 Å². The van der Waals surface area contributed by atoms with Crippen molar-refractivity contribution >= 4 is 21.8 Å². The number of rotatable bonds is 2. The molecule has 0 aliphatic carbocycles. The average molecular weight is 218 g/mol. The van der Waals surface area contributed by atoms with Gasteiger partial charge in [0.1, 0.15) is 0 Å². The van der Waals surface area contributed by atoms with Gasteiger partial charge in [-0.3, -0.25) is 4.79 Å². The monoisotopic (exact) mass is 217 g/mol. The van der Waals surface area contributed by atoms with E-state index in [0.717, 1.165) is 6.54 Å². The Morgan fingerprint density at radius 1 is 1.64 bits per heavy atom. The van der Waals surface area contributed by atoms with Gasteiger partial charge in [0, 0.05) is 35.4 Å². The fourth-order valence-electron chi connectivity index (χ4n) is 0.766. The highest BCUT2D eigenvalue weighted by atomic mass is 79.9. The maximum absolute atomic E-state index is 11.0. The summed E-state index contributed by atoms with van der Waals surface area (Å²) in [6.45, 7) is 4.87. The standard InChI is InChI=1S/C8H12BrNO/c1-7(2)6-10(3)8(11)4-5-9/h7H,6H2,1-3H3. The number of hydrogen-bond donors (Lipinski definition) is 0. The first-order chi connectivity index (χ1) is 5.07. The molecule has 0 heterocycles. The summed E-state index contributed by atoms with van der Waals surface area (Å²) in [5, 5.41) is 0. The minimum atomic E-state index is -0.143. The minimum absolute atomic E-state index is 0.143. The van der Waals surface area contributed by atoms with E-state index in [9.17, 15) is 4.79 Å². The Hall–Kier alpha value is -0.490. The van der Waals surface area contributed by atoms with E-state index in [-0.39, 0.29) is 5.91 Å². The predicted molar refractivity (Wildman–Crippen MR) is 49.2 cm³/mol. The summed E-state index contributed by atoms with van der Waals surface area (Å²) in [6, 6.07) is 0. The van der Waals surface area contributed by atoms with E-state index in [1.165, 1.54) is 0 Å². The molecule has 0 aromatic carbocycles. The molecule has 1 amide bonds. The van der Waals surface area contributed by atoms with Gasteiger partial charge in [-0.05, 0) is 10.7 Å². The summed E-state index contributed by atoms with van der Waals surface area (Å²) in [7, 11) is 1.75. The van der Waals surface area contributed by atoms with Crippen molar-refractivity contribution in [1.29, 1.82) is 0 Å². The molecule has 0 rings (SSSR count). The van der Waals surface area contributed by atoms with Crippen LogP contribution in [0.15, 0.2) is 0 Å². The van der Waals surface area contributed by atoms with Crippen molar-refractivity contribution in [3.63, 3.8) is 0 Å². The molecular formula is C8H12BrNO. The van der Waals surface area contributed by atoms with Crippen LogP contribution in [0.1, 0.15) is 13.8 Å². The number of halogens is 1. The molecule has 0 aromatic heterocycles. The molecular weight excluding hydrogens is 206 g/mol. The zero-order valence-corrected chi connectivity index (χ0v) is 8.60. The molecule has 0 aliphatic rings. The Morgan fingerprint density at radius 2 is 2.18 bits per heavy atom. The lowest BCUT2D eigenvalue weighted by molar-refractivity contribution is -0.124. The van der Waals surface area contributed by atoms with Crippen molar-refractivity contribution in [2.24, 2.45) is 5.92 Å². The Kier molecular flexibility index (Phi) is 4.97. The molecule has 0 N–H and O–H groups in total. The van der Waals surface area contributed by atoms with Crippen molar-refractivity contribution in [3.05, 3.63) is 0 Å². The number of amides is 1. The average Bonchev–Trinajstić information content (AvgIpc) is 1.86. The van der Waals surface area contributed by atoms with E-state index in [2.05, 4.69) is 40.5 Å². The molecule has 2 nitrogen and oxygen atoms in total. The van der Waals surface area contributed by atoms with E-state index in [4.69, 9.17) is 0 Å². The number of carbonyl (C=O) groups excluding carboxylic acids is 1. The van der Waals surface area contributed by atoms with E-state index in [0.29, 0.717) is 5.92 Å². The van der Waals surface area contributed by atoms with Crippen molar-refractivity contribution < 1.29 is 4.79 Å². The van der Waals surface area contributed by atoms with Crippen LogP contribution in [0.25, 0.3) is 0 Å². The highest BCUT2D eigenvalue weighted by Gasteiger charge is 2.05. The number of carbonyl (C=O) groups is 1. The van der Waals surface area contributed by atoms with Crippen LogP contribution in [-0.2, 0) is 4.79 Å². The van der Waals surface area contributed by atoms with Gasteiger partial charge in [0.15, 0.2) is 0 Å². The first-order valence-electron chi connectivity index (χ1n) is 3.44. The Morgan fingerprint density at radius 3 is 2.55 bits per heavy atom. The highest BCUT2D eigenvalue weighted by Crippen LogP contribution is 1.95. The molecule has 0 aromatic rings. The SMILES string of the molecule is CC(C)CN(C)C(=O)C#CBr. The summed E-state index contributed by atoms with van der Waals surface area (Å²) >= 11 is 2.88. The summed E-state index contributed by atoms with van der Waals surface area (Å²) in [5.41, 5.74) is 0. The largest absolute Gasteiger partial charge is 0.335 e. The van der Waals surface area contributed by atoms with E-state index in [1.807, 2.05) is 0 Å². The van der Waals surface area contributed by atoms with Crippen molar-refractivity contribution in [2.45, 2.75) is 13.8 Å². The van der Waals surface area contributed by atoms with Crippen molar-refractivity contribution in [2.75, 3.05) is 13.6 Å². The van der Waals surface area contributed by atoms with Gasteiger partial charge in [0.25, 0.3) is 5.91 Å². The fraction of sp³-hybridized carbons (Fsp3) is 0.625. The Balaban J connectivity index is 3.89. The van der Waals surface area contributed by atoms with Crippen LogP contribution in [0.5, 0.6) is 0 Å². The van der Waals surface area contributed by atoms with Crippen molar-refractivity contribution in [3.8, 4) is 10.8 Å². The van der Waals surface area contributed by atoms with E-state index < -0.39 is 0 Å². The normalized spacial score (nSPS) is 8.82. The molecule has 0 unspecified atom stereocenters. The lowest BCUT2D eigenvalue weighted by atomic mass is 10.2.